The van der Waals surface area contributed by atoms with Crippen molar-refractivity contribution in [3.05, 3.63) is 570 Å². The Bertz CT molecular complexity index is 9850. The summed E-state index contributed by atoms with van der Waals surface area (Å²) in [5.41, 5.74) is 40.3. The van der Waals surface area contributed by atoms with E-state index >= 15 is 0 Å². The first-order valence-corrected chi connectivity index (χ1v) is 51.0. The third-order valence-electron chi connectivity index (χ3n) is 31.8. The van der Waals surface area contributed by atoms with Gasteiger partial charge in [-0.1, -0.05) is 357 Å². The first-order valence-electron chi connectivity index (χ1n) is 49.3. The average Bonchev–Trinajstić information content (AvgIpc) is 1.51. The Morgan fingerprint density at radius 3 is 0.846 bits per heavy atom. The first kappa shape index (κ1) is 80.3. The summed E-state index contributed by atoms with van der Waals surface area (Å²) in [6.45, 7) is 0. The molecule has 0 N–H and O–H groups in total. The minimum atomic E-state index is -0.512. The van der Waals surface area contributed by atoms with Gasteiger partial charge in [-0.3, -0.25) is 0 Å². The van der Waals surface area contributed by atoms with E-state index in [1.54, 1.807) is 0 Å². The standard InChI is InChI=1S/2C49H30N2S.C37H23NO/c1-3-15-31(16-4-1)50-43-23-11-7-19-33(43)37-27-35-36-28-38-34-20-8-12-24-44(34)51(32-17-5-2-6-18-32)46(38)30-42(36)49(41(35)29-45(37)50)39-21-9-13-25-47(39)52-48-26-14-10-22-40(48)49;1-3-15-31(16-4-1)50-43-24-12-8-20-34(43)37-27-36-33-19-7-10-22-39(33)49(41(36)29-45(37)50)40-23-11-14-26-47(40)52-48-30-46-38(28-42(48)49)35-21-9-13-25-44(35)51(46)32-17-5-2-6-18-32;1-2-12-24(13-3-1)38-32-19-9-5-14-25(32)26-22-23-31-35(36(26)38)27-15-4-6-16-28(27)37(31)29-17-7-10-20-33(29)39-34-21-11-8-18-30(34)37/h2*1-30H;1-23H. The van der Waals surface area contributed by atoms with Crippen molar-refractivity contribution in [3.8, 4) is 73.3 Å². The zero-order chi connectivity index (χ0) is 93.5. The number of hydrogen-bond donors (Lipinski definition) is 0. The second-order valence-electron chi connectivity index (χ2n) is 38.6. The van der Waals surface area contributed by atoms with Gasteiger partial charge in [0.05, 0.1) is 71.4 Å². The molecular formula is C135H83N5OS2. The van der Waals surface area contributed by atoms with Crippen LogP contribution >= 0.6 is 23.5 Å². The number of para-hydroxylation sites is 12. The number of rotatable bonds is 5. The number of benzene rings is 22. The molecule has 22 aromatic carbocycles. The third-order valence-corrected chi connectivity index (χ3v) is 34.1. The first-order chi connectivity index (χ1) is 71.0. The Morgan fingerprint density at radius 1 is 0.154 bits per heavy atom. The maximum Gasteiger partial charge on any atom is 0.132 e. The van der Waals surface area contributed by atoms with Crippen molar-refractivity contribution >= 4 is 133 Å². The molecule has 3 aliphatic carbocycles. The van der Waals surface area contributed by atoms with Crippen LogP contribution in [0.25, 0.3) is 171 Å². The van der Waals surface area contributed by atoms with Gasteiger partial charge in [-0.05, 0) is 253 Å². The summed E-state index contributed by atoms with van der Waals surface area (Å²) in [4.78, 5) is 5.24. The van der Waals surface area contributed by atoms with E-state index in [9.17, 15) is 0 Å². The minimum Gasteiger partial charge on any atom is -0.457 e. The topological polar surface area (TPSA) is 33.9 Å². The largest absolute Gasteiger partial charge is 0.457 e. The maximum atomic E-state index is 6.52. The van der Waals surface area contributed by atoms with Crippen molar-refractivity contribution in [2.24, 2.45) is 0 Å². The Kier molecular flexibility index (Phi) is 17.2. The molecule has 0 amide bonds. The molecule has 143 heavy (non-hydrogen) atoms. The van der Waals surface area contributed by atoms with Gasteiger partial charge in [0, 0.05) is 119 Å². The summed E-state index contributed by atoms with van der Waals surface area (Å²) in [6, 6.07) is 186. The lowest BCUT2D eigenvalue weighted by Crippen LogP contribution is -2.32. The van der Waals surface area contributed by atoms with Crippen LogP contribution in [-0.4, -0.2) is 22.8 Å². The summed E-state index contributed by atoms with van der Waals surface area (Å²) in [7, 11) is 0. The lowest BCUT2D eigenvalue weighted by molar-refractivity contribution is 0.436. The molecule has 1 unspecified atom stereocenters. The molecule has 27 aromatic rings. The van der Waals surface area contributed by atoms with Gasteiger partial charge in [-0.25, -0.2) is 0 Å². The van der Waals surface area contributed by atoms with E-state index in [0.29, 0.717) is 0 Å². The zero-order valence-electron chi connectivity index (χ0n) is 77.4. The van der Waals surface area contributed by atoms with E-state index in [1.165, 1.54) is 257 Å². The van der Waals surface area contributed by atoms with Gasteiger partial charge in [0.15, 0.2) is 0 Å². The molecule has 0 saturated carbocycles. The predicted octanol–water partition coefficient (Wildman–Crippen LogP) is 34.7. The number of hydrogen-bond acceptors (Lipinski definition) is 3. The van der Waals surface area contributed by atoms with E-state index < -0.39 is 16.2 Å². The molecule has 6 nitrogen and oxygen atoms in total. The van der Waals surface area contributed by atoms with Crippen molar-refractivity contribution in [3.63, 3.8) is 0 Å². The molecule has 8 heterocycles. The second kappa shape index (κ2) is 30.7. The van der Waals surface area contributed by atoms with Crippen LogP contribution in [0.3, 0.4) is 0 Å². The molecule has 0 fully saturated rings. The SMILES string of the molecule is c1ccc(-n2c3ccccc3c3cc4c(cc32)C2(c3ccccc3Sc3ccccc32)c2cc3c(cc2-4)c2ccccc2n3-c2ccccc2)cc1.c1ccc(-n2c3ccccc3c3cc4c(cc32)Sc2ccccc2C42c3ccccc3-c3cc4c5ccccc5n(-c5ccccc5)c4cc32)cc1.c1ccc(-n2c3ccccc3c3ccc4c(c32)-c2ccccc2C42c3ccccc3Oc3ccccc32)cc1. The molecule has 1 atom stereocenters. The van der Waals surface area contributed by atoms with Gasteiger partial charge < -0.3 is 27.6 Å². The Balaban J connectivity index is 0.0000000993. The number of ether oxygens (including phenoxy) is 1. The fourth-order valence-electron chi connectivity index (χ4n) is 26.3. The van der Waals surface area contributed by atoms with Crippen LogP contribution < -0.4 is 4.74 Å². The number of aromatic nitrogens is 5. The maximum absolute atomic E-state index is 6.52. The zero-order valence-corrected chi connectivity index (χ0v) is 79.0. The van der Waals surface area contributed by atoms with Gasteiger partial charge in [0.1, 0.15) is 11.5 Å². The molecule has 33 rings (SSSR count). The second-order valence-corrected chi connectivity index (χ2v) is 40.7. The van der Waals surface area contributed by atoms with Crippen LogP contribution in [0.2, 0.25) is 0 Å². The molecule has 0 saturated heterocycles. The van der Waals surface area contributed by atoms with Crippen LogP contribution in [0.15, 0.2) is 523 Å². The van der Waals surface area contributed by atoms with Gasteiger partial charge in [-0.2, -0.15) is 0 Å². The van der Waals surface area contributed by atoms with Crippen molar-refractivity contribution in [1.29, 1.82) is 0 Å². The van der Waals surface area contributed by atoms with Gasteiger partial charge in [0.25, 0.3) is 0 Å². The van der Waals surface area contributed by atoms with Crippen molar-refractivity contribution in [1.82, 2.24) is 22.8 Å². The lowest BCUT2D eigenvalue weighted by Gasteiger charge is -2.40. The van der Waals surface area contributed by atoms with Crippen molar-refractivity contribution in [2.45, 2.75) is 35.8 Å². The van der Waals surface area contributed by atoms with E-state index in [1.807, 2.05) is 23.5 Å². The van der Waals surface area contributed by atoms with Gasteiger partial charge >= 0.3 is 0 Å². The molecule has 5 aromatic heterocycles. The number of fused-ring (bicyclic) bond motifs is 43. The Morgan fingerprint density at radius 2 is 0.434 bits per heavy atom. The molecule has 0 radical (unpaired) electrons. The molecule has 8 heteroatoms. The summed E-state index contributed by atoms with van der Waals surface area (Å²) in [5, 5.41) is 12.8. The summed E-state index contributed by atoms with van der Waals surface area (Å²) < 4.78 is 18.8. The fourth-order valence-corrected chi connectivity index (χ4v) is 28.7. The lowest BCUT2D eigenvalue weighted by atomic mass is 9.66. The Labute approximate surface area is 833 Å². The minimum absolute atomic E-state index is 0.469. The fraction of sp³-hybridized carbons (Fsp3) is 0.0222. The van der Waals surface area contributed by atoms with E-state index in [0.717, 1.165) is 11.5 Å². The molecule has 0 bridgehead atoms. The number of nitrogens with zero attached hydrogens (tertiary/aromatic N) is 5. The smallest absolute Gasteiger partial charge is 0.132 e. The normalized spacial score (nSPS) is 14.6. The van der Waals surface area contributed by atoms with E-state index in [4.69, 9.17) is 4.74 Å². The average molecular weight is 1860 g/mol. The van der Waals surface area contributed by atoms with Crippen LogP contribution in [-0.2, 0) is 16.2 Å². The monoisotopic (exact) mass is 1850 g/mol. The van der Waals surface area contributed by atoms with Gasteiger partial charge in [-0.15, -0.1) is 0 Å². The van der Waals surface area contributed by atoms with Crippen LogP contribution in [0.1, 0.15) is 66.8 Å². The highest BCUT2D eigenvalue weighted by Crippen LogP contribution is 2.69. The summed E-state index contributed by atoms with van der Waals surface area (Å²) >= 11 is 3.81. The molecule has 666 valence electrons. The highest BCUT2D eigenvalue weighted by Gasteiger charge is 2.55. The summed E-state index contributed by atoms with van der Waals surface area (Å²) in [6.07, 6.45) is 0. The van der Waals surface area contributed by atoms with Crippen LogP contribution in [0.4, 0.5) is 0 Å². The predicted molar refractivity (Wildman–Crippen MR) is 591 cm³/mol. The quantitative estimate of drug-likeness (QED) is 0.172. The van der Waals surface area contributed by atoms with Crippen molar-refractivity contribution in [2.75, 3.05) is 0 Å². The molecule has 3 spiro atoms. The molecular weight excluding hydrogens is 1770 g/mol. The highest BCUT2D eigenvalue weighted by molar-refractivity contribution is 7.99. The summed E-state index contributed by atoms with van der Waals surface area (Å²) in [5.74, 6) is 1.84. The van der Waals surface area contributed by atoms with Crippen LogP contribution in [0, 0.1) is 0 Å². The van der Waals surface area contributed by atoms with Gasteiger partial charge in [0.2, 0.25) is 0 Å². The Hall–Kier alpha value is -17.7. The molecule has 3 aliphatic heterocycles. The van der Waals surface area contributed by atoms with Crippen LogP contribution in [0.5, 0.6) is 11.5 Å². The van der Waals surface area contributed by atoms with Crippen molar-refractivity contribution < 1.29 is 4.74 Å². The van der Waals surface area contributed by atoms with E-state index in [2.05, 4.69) is 526 Å². The van der Waals surface area contributed by atoms with E-state index in [-0.39, 0.29) is 0 Å². The highest BCUT2D eigenvalue weighted by atomic mass is 32.2. The third kappa shape index (κ3) is 11.0. The molecule has 6 aliphatic rings.